The normalized spacial score (nSPS) is 13.5. The van der Waals surface area contributed by atoms with Crippen LogP contribution in [0.1, 0.15) is 24.4 Å². The van der Waals surface area contributed by atoms with Crippen molar-refractivity contribution in [2.24, 2.45) is 0 Å². The van der Waals surface area contributed by atoms with Crippen molar-refractivity contribution < 1.29 is 24.4 Å². The number of hydrogen-bond acceptors (Lipinski definition) is 6. The second-order valence-electron chi connectivity index (χ2n) is 6.60. The van der Waals surface area contributed by atoms with E-state index < -0.39 is 12.2 Å². The average Bonchev–Trinajstić information content (AvgIpc) is 3.06. The first-order valence-corrected chi connectivity index (χ1v) is 9.13. The van der Waals surface area contributed by atoms with E-state index in [4.69, 9.17) is 14.2 Å². The summed E-state index contributed by atoms with van der Waals surface area (Å²) in [5, 5.41) is 20.5. The maximum atomic E-state index is 10.4. The van der Waals surface area contributed by atoms with E-state index in [9.17, 15) is 10.2 Å². The summed E-state index contributed by atoms with van der Waals surface area (Å²) in [6.45, 7) is 2.44. The smallest absolute Gasteiger partial charge is 0.161 e. The molecule has 7 heteroatoms. The fourth-order valence-electron chi connectivity index (χ4n) is 3.15. The van der Waals surface area contributed by atoms with E-state index in [0.717, 1.165) is 16.6 Å². The second kappa shape index (κ2) is 9.05. The van der Waals surface area contributed by atoms with Crippen LogP contribution < -0.4 is 9.47 Å². The SMILES string of the molecule is COc1ccc(COC[C@@H](O)Cn2c([C@@H](C)O)nc3ccccc32)cc1OC. The summed E-state index contributed by atoms with van der Waals surface area (Å²) < 4.78 is 18.0. The molecule has 0 aliphatic heterocycles. The van der Waals surface area contributed by atoms with Gasteiger partial charge in [-0.15, -0.1) is 0 Å². The molecule has 2 aromatic carbocycles. The van der Waals surface area contributed by atoms with Crippen molar-refractivity contribution in [1.82, 2.24) is 9.55 Å². The zero-order chi connectivity index (χ0) is 20.1. The molecule has 0 saturated carbocycles. The molecule has 0 bridgehead atoms. The van der Waals surface area contributed by atoms with Gasteiger partial charge in [0, 0.05) is 0 Å². The van der Waals surface area contributed by atoms with Gasteiger partial charge in [-0.1, -0.05) is 18.2 Å². The number of rotatable bonds is 9. The zero-order valence-corrected chi connectivity index (χ0v) is 16.3. The largest absolute Gasteiger partial charge is 0.493 e. The lowest BCUT2D eigenvalue weighted by Crippen LogP contribution is -2.23. The molecule has 0 amide bonds. The molecule has 150 valence electrons. The fraction of sp³-hybridized carbons (Fsp3) is 0.381. The van der Waals surface area contributed by atoms with Crippen molar-refractivity contribution in [2.75, 3.05) is 20.8 Å². The number of aliphatic hydroxyl groups excluding tert-OH is 2. The topological polar surface area (TPSA) is 86.0 Å². The number of nitrogens with zero attached hydrogens (tertiary/aromatic N) is 2. The molecule has 3 aromatic rings. The van der Waals surface area contributed by atoms with Gasteiger partial charge in [0.15, 0.2) is 11.5 Å². The average molecular weight is 386 g/mol. The Balaban J connectivity index is 1.63. The highest BCUT2D eigenvalue weighted by Crippen LogP contribution is 2.28. The van der Waals surface area contributed by atoms with Crippen LogP contribution in [0.4, 0.5) is 0 Å². The molecule has 1 aromatic heterocycles. The van der Waals surface area contributed by atoms with Crippen molar-refractivity contribution >= 4 is 11.0 Å². The quantitative estimate of drug-likeness (QED) is 0.588. The van der Waals surface area contributed by atoms with Crippen LogP contribution in [0.2, 0.25) is 0 Å². The Labute approximate surface area is 164 Å². The molecule has 1 heterocycles. The molecular formula is C21H26N2O5. The summed E-state index contributed by atoms with van der Waals surface area (Å²) in [5.41, 5.74) is 2.58. The molecular weight excluding hydrogens is 360 g/mol. The van der Waals surface area contributed by atoms with Crippen LogP contribution in [0.3, 0.4) is 0 Å². The van der Waals surface area contributed by atoms with Crippen LogP contribution in [0.15, 0.2) is 42.5 Å². The maximum Gasteiger partial charge on any atom is 0.161 e. The Morgan fingerprint density at radius 3 is 2.50 bits per heavy atom. The highest BCUT2D eigenvalue weighted by Gasteiger charge is 2.17. The zero-order valence-electron chi connectivity index (χ0n) is 16.3. The highest BCUT2D eigenvalue weighted by atomic mass is 16.5. The minimum absolute atomic E-state index is 0.153. The molecule has 0 aliphatic carbocycles. The second-order valence-corrected chi connectivity index (χ2v) is 6.60. The first-order valence-electron chi connectivity index (χ1n) is 9.13. The molecule has 0 aliphatic rings. The lowest BCUT2D eigenvalue weighted by atomic mass is 10.2. The van der Waals surface area contributed by atoms with Gasteiger partial charge in [0.25, 0.3) is 0 Å². The standard InChI is InChI=1S/C21H26N2O5/c1-14(24)21-22-17-6-4-5-7-18(17)23(21)11-16(25)13-28-12-15-8-9-19(26-2)20(10-15)27-3/h4-10,14,16,24-25H,11-13H2,1-3H3/t14-,16+/m1/s1. The summed E-state index contributed by atoms with van der Waals surface area (Å²) in [7, 11) is 3.17. The lowest BCUT2D eigenvalue weighted by Gasteiger charge is -2.16. The molecule has 0 fully saturated rings. The van der Waals surface area contributed by atoms with Crippen LogP contribution >= 0.6 is 0 Å². The Bertz CT molecular complexity index is 922. The molecule has 2 N–H and O–H groups in total. The van der Waals surface area contributed by atoms with Gasteiger partial charge in [-0.25, -0.2) is 4.98 Å². The van der Waals surface area contributed by atoms with Crippen molar-refractivity contribution in [3.63, 3.8) is 0 Å². The van der Waals surface area contributed by atoms with Gasteiger partial charge < -0.3 is 29.0 Å². The summed E-state index contributed by atoms with van der Waals surface area (Å²) in [6.07, 6.45) is -1.47. The van der Waals surface area contributed by atoms with Gasteiger partial charge >= 0.3 is 0 Å². The molecule has 0 unspecified atom stereocenters. The van der Waals surface area contributed by atoms with Crippen molar-refractivity contribution in [1.29, 1.82) is 0 Å². The molecule has 0 radical (unpaired) electrons. The molecule has 7 nitrogen and oxygen atoms in total. The van der Waals surface area contributed by atoms with Crippen molar-refractivity contribution in [2.45, 2.75) is 32.3 Å². The van der Waals surface area contributed by atoms with Crippen LogP contribution in [0.5, 0.6) is 11.5 Å². The Morgan fingerprint density at radius 2 is 1.79 bits per heavy atom. The third kappa shape index (κ3) is 4.44. The third-order valence-corrected chi connectivity index (χ3v) is 4.48. The van der Waals surface area contributed by atoms with Gasteiger partial charge in [-0.05, 0) is 36.8 Å². The van der Waals surface area contributed by atoms with Gasteiger partial charge in [0.05, 0.1) is 51.1 Å². The first-order chi connectivity index (χ1) is 13.5. The van der Waals surface area contributed by atoms with Crippen molar-refractivity contribution in [3.05, 3.63) is 53.9 Å². The number of ether oxygens (including phenoxy) is 3. The first kappa shape index (κ1) is 20.1. The minimum atomic E-state index is -0.741. The maximum absolute atomic E-state index is 10.4. The number of aromatic nitrogens is 2. The lowest BCUT2D eigenvalue weighted by molar-refractivity contribution is 0.0195. The summed E-state index contributed by atoms with van der Waals surface area (Å²) >= 11 is 0. The summed E-state index contributed by atoms with van der Waals surface area (Å²) in [4.78, 5) is 4.46. The van der Waals surface area contributed by atoms with Gasteiger partial charge in [-0.2, -0.15) is 0 Å². The van der Waals surface area contributed by atoms with Crippen LogP contribution in [-0.4, -0.2) is 46.7 Å². The number of methoxy groups -OCH3 is 2. The van der Waals surface area contributed by atoms with Gasteiger partial charge in [0.2, 0.25) is 0 Å². The van der Waals surface area contributed by atoms with Gasteiger partial charge in [0.1, 0.15) is 11.9 Å². The van der Waals surface area contributed by atoms with E-state index >= 15 is 0 Å². The number of imidazole rings is 1. The summed E-state index contributed by atoms with van der Waals surface area (Å²) in [5.74, 6) is 1.82. The summed E-state index contributed by atoms with van der Waals surface area (Å²) in [6, 6.07) is 13.2. The van der Waals surface area contributed by atoms with Crippen LogP contribution in [-0.2, 0) is 17.9 Å². The monoisotopic (exact) mass is 386 g/mol. The predicted octanol–water partition coefficient (Wildman–Crippen LogP) is 2.68. The van der Waals surface area contributed by atoms with E-state index in [0.29, 0.717) is 23.9 Å². The number of fused-ring (bicyclic) bond motifs is 1. The van der Waals surface area contributed by atoms with Crippen LogP contribution in [0, 0.1) is 0 Å². The predicted molar refractivity (Wildman–Crippen MR) is 106 cm³/mol. The fourth-order valence-corrected chi connectivity index (χ4v) is 3.15. The van der Waals surface area contributed by atoms with E-state index in [2.05, 4.69) is 4.98 Å². The van der Waals surface area contributed by atoms with Crippen molar-refractivity contribution in [3.8, 4) is 11.5 Å². The molecule has 0 saturated heterocycles. The Hall–Kier alpha value is -2.61. The Kier molecular flexibility index (Phi) is 6.51. The number of benzene rings is 2. The third-order valence-electron chi connectivity index (χ3n) is 4.48. The van der Waals surface area contributed by atoms with E-state index in [1.54, 1.807) is 21.1 Å². The molecule has 3 rings (SSSR count). The number of hydrogen-bond donors (Lipinski definition) is 2. The Morgan fingerprint density at radius 1 is 1.04 bits per heavy atom. The minimum Gasteiger partial charge on any atom is -0.493 e. The van der Waals surface area contributed by atoms with E-state index in [-0.39, 0.29) is 13.2 Å². The highest BCUT2D eigenvalue weighted by molar-refractivity contribution is 5.76. The van der Waals surface area contributed by atoms with E-state index in [1.165, 1.54) is 0 Å². The molecule has 28 heavy (non-hydrogen) atoms. The number of aliphatic hydroxyl groups is 2. The molecule has 2 atom stereocenters. The number of para-hydroxylation sites is 2. The van der Waals surface area contributed by atoms with E-state index in [1.807, 2.05) is 47.0 Å². The van der Waals surface area contributed by atoms with Gasteiger partial charge in [-0.3, -0.25) is 0 Å². The molecule has 0 spiro atoms. The van der Waals surface area contributed by atoms with Crippen LogP contribution in [0.25, 0.3) is 11.0 Å².